The summed E-state index contributed by atoms with van der Waals surface area (Å²) in [6, 6.07) is 16.8. The van der Waals surface area contributed by atoms with Crippen molar-refractivity contribution in [1.82, 2.24) is 5.43 Å². The maximum absolute atomic E-state index is 13.0. The first-order valence-electron chi connectivity index (χ1n) is 8.19. The molecule has 1 aliphatic heterocycles. The van der Waals surface area contributed by atoms with Gasteiger partial charge < -0.3 is 4.74 Å². The summed E-state index contributed by atoms with van der Waals surface area (Å²) in [6.07, 6.45) is 0. The number of hydrazone groups is 1. The predicted octanol–water partition coefficient (Wildman–Crippen LogP) is 5.83. The van der Waals surface area contributed by atoms with Crippen LogP contribution in [0.15, 0.2) is 59.7 Å². The number of hydrogen-bond acceptors (Lipinski definition) is 4. The van der Waals surface area contributed by atoms with Crippen molar-refractivity contribution in [2.24, 2.45) is 5.10 Å². The van der Waals surface area contributed by atoms with Gasteiger partial charge in [0, 0.05) is 16.7 Å². The number of amides is 1. The topological polar surface area (TPSA) is 50.7 Å². The smallest absolute Gasteiger partial charge is 0.252 e. The summed E-state index contributed by atoms with van der Waals surface area (Å²) < 4.78 is 7.04. The van der Waals surface area contributed by atoms with Crippen LogP contribution in [-0.2, 0) is 4.79 Å². The van der Waals surface area contributed by atoms with Crippen molar-refractivity contribution in [2.75, 3.05) is 0 Å². The molecule has 2 heterocycles. The van der Waals surface area contributed by atoms with Gasteiger partial charge in [-0.25, -0.2) is 5.43 Å². The monoisotopic (exact) mass is 416 g/mol. The molecular weight excluding hydrogens is 403 g/mol. The van der Waals surface area contributed by atoms with E-state index in [1.165, 1.54) is 11.3 Å². The minimum atomic E-state index is -0.510. The van der Waals surface area contributed by atoms with Crippen LogP contribution in [-0.4, -0.2) is 11.6 Å². The number of ether oxygens (including phenoxy) is 1. The van der Waals surface area contributed by atoms with Crippen LogP contribution in [0.4, 0.5) is 0 Å². The number of fused-ring (bicyclic) bond motifs is 2. The van der Waals surface area contributed by atoms with Gasteiger partial charge in [-0.15, -0.1) is 11.3 Å². The highest BCUT2D eigenvalue weighted by atomic mass is 35.5. The van der Waals surface area contributed by atoms with Crippen molar-refractivity contribution in [3.8, 4) is 11.5 Å². The molecule has 4 rings (SSSR count). The molecule has 1 aliphatic rings. The lowest BCUT2D eigenvalue weighted by Crippen LogP contribution is -2.29. The van der Waals surface area contributed by atoms with Gasteiger partial charge >= 0.3 is 0 Å². The highest BCUT2D eigenvalue weighted by molar-refractivity contribution is 7.20. The number of hydrogen-bond donors (Lipinski definition) is 1. The number of halogens is 2. The predicted molar refractivity (Wildman–Crippen MR) is 109 cm³/mol. The van der Waals surface area contributed by atoms with E-state index >= 15 is 0 Å². The minimum Gasteiger partial charge on any atom is -0.457 e. The Morgan fingerprint density at radius 2 is 1.67 bits per heavy atom. The molecule has 1 aromatic heterocycles. The second kappa shape index (κ2) is 7.35. The number of carbonyl (C=O) groups is 1. The average Bonchev–Trinajstić information content (AvgIpc) is 3.02. The Hall–Kier alpha value is -2.34. The fourth-order valence-electron chi connectivity index (χ4n) is 3.04. The van der Waals surface area contributed by atoms with E-state index in [4.69, 9.17) is 27.9 Å². The third kappa shape index (κ3) is 3.46. The second-order valence-electron chi connectivity index (χ2n) is 6.02. The molecule has 136 valence electrons. The number of thiophene rings is 1. The number of nitrogens with one attached hydrogen (secondary N) is 1. The third-order valence-electron chi connectivity index (χ3n) is 4.32. The third-order valence-corrected chi connectivity index (χ3v) is 5.81. The lowest BCUT2D eigenvalue weighted by atomic mass is 9.87. The Labute approximate surface area is 170 Å². The van der Waals surface area contributed by atoms with E-state index in [1.807, 2.05) is 48.5 Å². The Morgan fingerprint density at radius 1 is 1.07 bits per heavy atom. The molecule has 0 unspecified atom stereocenters. The molecule has 3 aromatic rings. The van der Waals surface area contributed by atoms with Gasteiger partial charge in [0.05, 0.1) is 16.0 Å². The van der Waals surface area contributed by atoms with Gasteiger partial charge in [-0.2, -0.15) is 5.10 Å². The van der Waals surface area contributed by atoms with Gasteiger partial charge in [-0.1, -0.05) is 59.6 Å². The zero-order valence-corrected chi connectivity index (χ0v) is 16.5. The molecule has 0 bridgehead atoms. The quantitative estimate of drug-likeness (QED) is 0.431. The summed E-state index contributed by atoms with van der Waals surface area (Å²) in [5, 5.41) is 4.23. The van der Waals surface area contributed by atoms with E-state index in [-0.39, 0.29) is 5.91 Å². The molecule has 2 aromatic carbocycles. The molecule has 0 radical (unpaired) electrons. The Bertz CT molecular complexity index is 1020. The highest BCUT2D eigenvalue weighted by Gasteiger charge is 2.32. The molecular formula is C20H14Cl2N2O2S. The van der Waals surface area contributed by atoms with Crippen molar-refractivity contribution in [3.05, 3.63) is 80.0 Å². The minimum absolute atomic E-state index is 0.241. The van der Waals surface area contributed by atoms with Crippen molar-refractivity contribution < 1.29 is 9.53 Å². The van der Waals surface area contributed by atoms with Crippen molar-refractivity contribution in [3.63, 3.8) is 0 Å². The Kier molecular flexibility index (Phi) is 4.91. The van der Waals surface area contributed by atoms with Crippen LogP contribution < -0.4 is 10.2 Å². The summed E-state index contributed by atoms with van der Waals surface area (Å²) in [5.41, 5.74) is 5.57. The number of rotatable bonds is 3. The fourth-order valence-corrected chi connectivity index (χ4v) is 4.61. The molecule has 27 heavy (non-hydrogen) atoms. The normalized spacial score (nSPS) is 13.5. The van der Waals surface area contributed by atoms with Crippen molar-refractivity contribution in [1.29, 1.82) is 0 Å². The SMILES string of the molecule is C/C(=N/NC(=O)C1c2ccccc2Oc2ccccc21)c1cc(Cl)sc1Cl. The van der Waals surface area contributed by atoms with Crippen molar-refractivity contribution >= 4 is 46.2 Å². The van der Waals surface area contributed by atoms with E-state index in [0.29, 0.717) is 31.4 Å². The highest BCUT2D eigenvalue weighted by Crippen LogP contribution is 2.43. The van der Waals surface area contributed by atoms with Gasteiger partial charge in [0.25, 0.3) is 5.91 Å². The van der Waals surface area contributed by atoms with E-state index in [9.17, 15) is 4.79 Å². The summed E-state index contributed by atoms with van der Waals surface area (Å²) >= 11 is 13.4. The molecule has 7 heteroatoms. The molecule has 0 atom stereocenters. The second-order valence-corrected chi connectivity index (χ2v) is 8.31. The van der Waals surface area contributed by atoms with Crippen LogP contribution in [0.3, 0.4) is 0 Å². The van der Waals surface area contributed by atoms with Gasteiger partial charge in [0.1, 0.15) is 15.8 Å². The molecule has 1 amide bonds. The van der Waals surface area contributed by atoms with Crippen LogP contribution in [0.2, 0.25) is 8.67 Å². The zero-order valence-electron chi connectivity index (χ0n) is 14.2. The molecule has 0 fully saturated rings. The summed E-state index contributed by atoms with van der Waals surface area (Å²) in [5.74, 6) is 0.591. The van der Waals surface area contributed by atoms with Gasteiger partial charge in [-0.3, -0.25) is 4.79 Å². The van der Waals surface area contributed by atoms with Crippen LogP contribution in [0, 0.1) is 0 Å². The number of nitrogens with zero attached hydrogens (tertiary/aromatic N) is 1. The lowest BCUT2D eigenvalue weighted by molar-refractivity contribution is -0.121. The first kappa shape index (κ1) is 18.0. The summed E-state index contributed by atoms with van der Waals surface area (Å²) in [7, 11) is 0. The Morgan fingerprint density at radius 3 is 2.22 bits per heavy atom. The molecule has 0 saturated carbocycles. The number of carbonyl (C=O) groups excluding carboxylic acids is 1. The van der Waals surface area contributed by atoms with Crippen LogP contribution in [0.25, 0.3) is 0 Å². The maximum atomic E-state index is 13.0. The molecule has 4 nitrogen and oxygen atoms in total. The van der Waals surface area contributed by atoms with E-state index in [0.717, 1.165) is 11.1 Å². The van der Waals surface area contributed by atoms with Gasteiger partial charge in [0.2, 0.25) is 0 Å². The van der Waals surface area contributed by atoms with E-state index in [1.54, 1.807) is 13.0 Å². The zero-order chi connectivity index (χ0) is 19.0. The number of para-hydroxylation sites is 2. The first-order chi connectivity index (χ1) is 13.0. The standard InChI is InChI=1S/C20H14Cl2N2O2S/c1-11(14-10-17(21)27-19(14)22)23-24-20(25)18-12-6-2-4-8-15(12)26-16-9-5-3-7-13(16)18/h2-10,18H,1H3,(H,24,25)/b23-11-. The van der Waals surface area contributed by atoms with Crippen LogP contribution >= 0.6 is 34.5 Å². The van der Waals surface area contributed by atoms with Gasteiger partial charge in [-0.05, 0) is 25.1 Å². The van der Waals surface area contributed by atoms with E-state index < -0.39 is 5.92 Å². The van der Waals surface area contributed by atoms with Crippen LogP contribution in [0.1, 0.15) is 29.5 Å². The van der Waals surface area contributed by atoms with E-state index in [2.05, 4.69) is 10.5 Å². The molecule has 1 N–H and O–H groups in total. The lowest BCUT2D eigenvalue weighted by Gasteiger charge is -2.26. The molecule has 0 saturated heterocycles. The summed E-state index contributed by atoms with van der Waals surface area (Å²) in [4.78, 5) is 13.0. The van der Waals surface area contributed by atoms with Crippen LogP contribution in [0.5, 0.6) is 11.5 Å². The average molecular weight is 417 g/mol. The summed E-state index contributed by atoms with van der Waals surface area (Å²) in [6.45, 7) is 1.77. The maximum Gasteiger partial charge on any atom is 0.252 e. The Balaban J connectivity index is 1.66. The largest absolute Gasteiger partial charge is 0.457 e. The fraction of sp³-hybridized carbons (Fsp3) is 0.100. The molecule has 0 aliphatic carbocycles. The number of benzene rings is 2. The molecule has 0 spiro atoms. The first-order valence-corrected chi connectivity index (χ1v) is 9.77. The van der Waals surface area contributed by atoms with Gasteiger partial charge in [0.15, 0.2) is 0 Å². The van der Waals surface area contributed by atoms with Crippen molar-refractivity contribution in [2.45, 2.75) is 12.8 Å².